The van der Waals surface area contributed by atoms with Crippen LogP contribution < -0.4 is 10.6 Å². The van der Waals surface area contributed by atoms with Gasteiger partial charge in [0.2, 0.25) is 0 Å². The van der Waals surface area contributed by atoms with Crippen molar-refractivity contribution in [2.75, 3.05) is 25.0 Å². The fourth-order valence-corrected chi connectivity index (χ4v) is 2.25. The van der Waals surface area contributed by atoms with Crippen molar-refractivity contribution in [3.63, 3.8) is 0 Å². The lowest BCUT2D eigenvalue weighted by Gasteiger charge is -2.23. The van der Waals surface area contributed by atoms with E-state index >= 15 is 0 Å². The molecular formula is C11H16BrN3. The molecule has 15 heavy (non-hydrogen) atoms. The minimum atomic E-state index is 0.790. The number of rotatable bonds is 3. The molecule has 0 radical (unpaired) electrons. The van der Waals surface area contributed by atoms with Gasteiger partial charge in [-0.05, 0) is 59.9 Å². The third-order valence-electron chi connectivity index (χ3n) is 2.80. The number of anilines is 1. The van der Waals surface area contributed by atoms with Gasteiger partial charge in [0.1, 0.15) is 4.60 Å². The molecule has 1 aliphatic rings. The van der Waals surface area contributed by atoms with Crippen LogP contribution >= 0.6 is 15.9 Å². The van der Waals surface area contributed by atoms with Crippen LogP contribution in [0.3, 0.4) is 0 Å². The quantitative estimate of drug-likeness (QED) is 0.827. The first kappa shape index (κ1) is 10.9. The first-order chi connectivity index (χ1) is 7.36. The Morgan fingerprint density at radius 1 is 1.47 bits per heavy atom. The molecule has 0 amide bonds. The molecule has 0 unspecified atom stereocenters. The summed E-state index contributed by atoms with van der Waals surface area (Å²) >= 11 is 3.44. The Kier molecular flexibility index (Phi) is 3.97. The number of nitrogens with one attached hydrogen (secondary N) is 2. The third kappa shape index (κ3) is 3.18. The predicted molar refractivity (Wildman–Crippen MR) is 66.0 cm³/mol. The first-order valence-electron chi connectivity index (χ1n) is 5.41. The van der Waals surface area contributed by atoms with Crippen LogP contribution in [-0.2, 0) is 0 Å². The van der Waals surface area contributed by atoms with E-state index in [1.54, 1.807) is 6.20 Å². The number of nitrogens with zero attached hydrogens (tertiary/aromatic N) is 1. The molecule has 3 nitrogen and oxygen atoms in total. The topological polar surface area (TPSA) is 37.0 Å². The zero-order valence-corrected chi connectivity index (χ0v) is 10.3. The average molecular weight is 270 g/mol. The van der Waals surface area contributed by atoms with E-state index in [0.29, 0.717) is 0 Å². The molecule has 1 aliphatic heterocycles. The highest BCUT2D eigenvalue weighted by atomic mass is 79.9. The van der Waals surface area contributed by atoms with Crippen LogP contribution in [0.5, 0.6) is 0 Å². The molecule has 82 valence electrons. The summed E-state index contributed by atoms with van der Waals surface area (Å²) in [6.45, 7) is 3.35. The second-order valence-corrected chi connectivity index (χ2v) is 4.67. The van der Waals surface area contributed by atoms with Crippen LogP contribution in [0.15, 0.2) is 22.9 Å². The number of hydrogen-bond acceptors (Lipinski definition) is 3. The molecule has 2 heterocycles. The maximum Gasteiger partial charge on any atom is 0.129 e. The van der Waals surface area contributed by atoms with Crippen LogP contribution in [0.4, 0.5) is 5.69 Å². The van der Waals surface area contributed by atoms with Gasteiger partial charge in [0.05, 0.1) is 5.69 Å². The summed E-state index contributed by atoms with van der Waals surface area (Å²) in [7, 11) is 0. The minimum Gasteiger partial charge on any atom is -0.383 e. The molecule has 4 heteroatoms. The molecule has 0 atom stereocenters. The van der Waals surface area contributed by atoms with Crippen molar-refractivity contribution < 1.29 is 0 Å². The predicted octanol–water partition coefficient (Wildman–Crippen LogP) is 2.26. The number of hydrogen-bond donors (Lipinski definition) is 2. The van der Waals surface area contributed by atoms with Gasteiger partial charge in [-0.15, -0.1) is 0 Å². The summed E-state index contributed by atoms with van der Waals surface area (Å²) in [5.74, 6) is 0.790. The second kappa shape index (κ2) is 5.47. The highest BCUT2D eigenvalue weighted by Gasteiger charge is 2.12. The summed E-state index contributed by atoms with van der Waals surface area (Å²) in [5.41, 5.74) is 1.09. The van der Waals surface area contributed by atoms with Crippen LogP contribution in [0.25, 0.3) is 0 Å². The summed E-state index contributed by atoms with van der Waals surface area (Å²) in [6, 6.07) is 4.01. The van der Waals surface area contributed by atoms with E-state index in [2.05, 4.69) is 37.6 Å². The van der Waals surface area contributed by atoms with Crippen molar-refractivity contribution in [1.29, 1.82) is 0 Å². The molecule has 2 N–H and O–H groups in total. The summed E-state index contributed by atoms with van der Waals surface area (Å²) in [6.07, 6.45) is 4.33. The van der Waals surface area contributed by atoms with E-state index < -0.39 is 0 Å². The molecule has 0 spiro atoms. The molecule has 2 rings (SSSR count). The largest absolute Gasteiger partial charge is 0.383 e. The van der Waals surface area contributed by atoms with Gasteiger partial charge in [-0.1, -0.05) is 0 Å². The molecule has 0 bridgehead atoms. The van der Waals surface area contributed by atoms with Gasteiger partial charge in [-0.3, -0.25) is 0 Å². The molecule has 1 fully saturated rings. The van der Waals surface area contributed by atoms with E-state index in [0.717, 1.165) is 35.8 Å². The maximum absolute atomic E-state index is 4.18. The minimum absolute atomic E-state index is 0.790. The van der Waals surface area contributed by atoms with E-state index in [9.17, 15) is 0 Å². The molecular weight excluding hydrogens is 254 g/mol. The third-order valence-corrected chi connectivity index (χ3v) is 3.43. The lowest BCUT2D eigenvalue weighted by atomic mass is 9.98. The van der Waals surface area contributed by atoms with E-state index in [1.165, 1.54) is 12.8 Å². The van der Waals surface area contributed by atoms with E-state index in [-0.39, 0.29) is 0 Å². The fraction of sp³-hybridized carbons (Fsp3) is 0.545. The highest BCUT2D eigenvalue weighted by Crippen LogP contribution is 2.20. The van der Waals surface area contributed by atoms with Crippen LogP contribution in [0.2, 0.25) is 0 Å². The van der Waals surface area contributed by atoms with Crippen LogP contribution in [0.1, 0.15) is 12.8 Å². The van der Waals surface area contributed by atoms with Gasteiger partial charge < -0.3 is 10.6 Å². The summed E-state index contributed by atoms with van der Waals surface area (Å²) in [5, 5.41) is 6.82. The van der Waals surface area contributed by atoms with Crippen LogP contribution in [0, 0.1) is 5.92 Å². The van der Waals surface area contributed by atoms with Crippen molar-refractivity contribution >= 4 is 21.6 Å². The zero-order chi connectivity index (χ0) is 10.5. The van der Waals surface area contributed by atoms with Crippen molar-refractivity contribution in [3.8, 4) is 0 Å². The van der Waals surface area contributed by atoms with Gasteiger partial charge >= 0.3 is 0 Å². The normalized spacial score (nSPS) is 17.7. The number of aromatic nitrogens is 1. The molecule has 0 aliphatic carbocycles. The Hall–Kier alpha value is -0.610. The number of pyridine rings is 1. The highest BCUT2D eigenvalue weighted by molar-refractivity contribution is 9.10. The molecule has 1 aromatic heterocycles. The lowest BCUT2D eigenvalue weighted by Crippen LogP contribution is -2.31. The van der Waals surface area contributed by atoms with Gasteiger partial charge in [-0.25, -0.2) is 4.98 Å². The van der Waals surface area contributed by atoms with Gasteiger partial charge in [0, 0.05) is 12.7 Å². The Morgan fingerprint density at radius 3 is 3.00 bits per heavy atom. The number of piperidine rings is 1. The SMILES string of the molecule is Brc1ncccc1NCC1CCNCC1. The summed E-state index contributed by atoms with van der Waals surface area (Å²) < 4.78 is 0.902. The average Bonchev–Trinajstić information content (AvgIpc) is 2.29. The number of halogens is 1. The molecule has 0 saturated carbocycles. The van der Waals surface area contributed by atoms with Gasteiger partial charge in [0.25, 0.3) is 0 Å². The first-order valence-corrected chi connectivity index (χ1v) is 6.20. The second-order valence-electron chi connectivity index (χ2n) is 3.92. The van der Waals surface area contributed by atoms with Gasteiger partial charge in [0.15, 0.2) is 0 Å². The summed E-state index contributed by atoms with van der Waals surface area (Å²) in [4.78, 5) is 4.18. The Labute approximate surface area is 98.8 Å². The molecule has 1 aromatic rings. The van der Waals surface area contributed by atoms with Crippen LogP contribution in [-0.4, -0.2) is 24.6 Å². The smallest absolute Gasteiger partial charge is 0.129 e. The van der Waals surface area contributed by atoms with Crippen molar-refractivity contribution in [1.82, 2.24) is 10.3 Å². The maximum atomic E-state index is 4.18. The van der Waals surface area contributed by atoms with Gasteiger partial charge in [-0.2, -0.15) is 0 Å². The van der Waals surface area contributed by atoms with E-state index in [4.69, 9.17) is 0 Å². The molecule has 0 aromatic carbocycles. The molecule has 1 saturated heterocycles. The van der Waals surface area contributed by atoms with Crippen molar-refractivity contribution in [2.24, 2.45) is 5.92 Å². The monoisotopic (exact) mass is 269 g/mol. The fourth-order valence-electron chi connectivity index (χ4n) is 1.86. The Morgan fingerprint density at radius 2 is 2.27 bits per heavy atom. The Bertz CT molecular complexity index is 310. The Balaban J connectivity index is 1.84. The standard InChI is InChI=1S/C11H16BrN3/c12-11-10(2-1-5-14-11)15-8-9-3-6-13-7-4-9/h1-2,5,9,13,15H,3-4,6-8H2. The van der Waals surface area contributed by atoms with Crippen molar-refractivity contribution in [3.05, 3.63) is 22.9 Å². The lowest BCUT2D eigenvalue weighted by molar-refractivity contribution is 0.390. The van der Waals surface area contributed by atoms with Crippen molar-refractivity contribution in [2.45, 2.75) is 12.8 Å². The van der Waals surface area contributed by atoms with E-state index in [1.807, 2.05) is 6.07 Å². The zero-order valence-electron chi connectivity index (χ0n) is 8.67.